The van der Waals surface area contributed by atoms with Crippen LogP contribution >= 0.6 is 15.9 Å². The van der Waals surface area contributed by atoms with Gasteiger partial charge in [-0.15, -0.1) is 0 Å². The zero-order valence-corrected chi connectivity index (χ0v) is 17.0. The first-order valence-corrected chi connectivity index (χ1v) is 9.38. The monoisotopic (exact) mass is 425 g/mol. The number of ether oxygens (including phenoxy) is 2. The number of halogens is 1. The fourth-order valence-corrected chi connectivity index (χ4v) is 3.19. The van der Waals surface area contributed by atoms with Gasteiger partial charge in [0, 0.05) is 0 Å². The van der Waals surface area contributed by atoms with Gasteiger partial charge in [0.1, 0.15) is 11.9 Å². The number of imidazole rings is 1. The Morgan fingerprint density at radius 3 is 2.78 bits per heavy atom. The summed E-state index contributed by atoms with van der Waals surface area (Å²) in [5.74, 6) is 2.21. The number of allylic oxidation sites excluding steroid dienone is 1. The summed E-state index contributed by atoms with van der Waals surface area (Å²) in [6.45, 7) is 4.76. The molecular weight excluding hydrogens is 406 g/mol. The average Bonchev–Trinajstić information content (AvgIpc) is 3.08. The molecule has 0 radical (unpaired) electrons. The van der Waals surface area contributed by atoms with Crippen molar-refractivity contribution in [3.8, 4) is 17.6 Å². The smallest absolute Gasteiger partial charge is 0.175 e. The molecule has 27 heavy (non-hydrogen) atoms. The second-order valence-electron chi connectivity index (χ2n) is 6.51. The normalized spacial score (nSPS) is 11.6. The summed E-state index contributed by atoms with van der Waals surface area (Å²) in [5.41, 5.74) is 2.97. The third-order valence-corrected chi connectivity index (χ3v) is 4.48. The lowest BCUT2D eigenvalue weighted by Crippen LogP contribution is -2.06. The highest BCUT2D eigenvalue weighted by atomic mass is 79.9. The maximum atomic E-state index is 9.62. The molecule has 0 atom stereocenters. The van der Waals surface area contributed by atoms with E-state index < -0.39 is 0 Å². The summed E-state index contributed by atoms with van der Waals surface area (Å²) in [7, 11) is 1.60. The lowest BCUT2D eigenvalue weighted by atomic mass is 10.1. The maximum Gasteiger partial charge on any atom is 0.175 e. The number of hydrogen-bond donors (Lipinski definition) is 1. The summed E-state index contributed by atoms with van der Waals surface area (Å²) in [6, 6.07) is 13.7. The number of nitriles is 1. The second-order valence-corrected chi connectivity index (χ2v) is 7.37. The number of benzene rings is 2. The first kappa shape index (κ1) is 19.0. The number of hydrogen-bond acceptors (Lipinski definition) is 4. The summed E-state index contributed by atoms with van der Waals surface area (Å²) < 4.78 is 12.1. The first-order chi connectivity index (χ1) is 13.0. The van der Waals surface area contributed by atoms with Gasteiger partial charge in [0.15, 0.2) is 11.5 Å². The molecule has 138 valence electrons. The number of aromatic amines is 1. The van der Waals surface area contributed by atoms with Crippen LogP contribution in [-0.2, 0) is 0 Å². The highest BCUT2D eigenvalue weighted by molar-refractivity contribution is 9.10. The van der Waals surface area contributed by atoms with Crippen LogP contribution in [0.25, 0.3) is 22.7 Å². The fraction of sp³-hybridized carbons (Fsp3) is 0.238. The Morgan fingerprint density at radius 1 is 1.33 bits per heavy atom. The van der Waals surface area contributed by atoms with Crippen molar-refractivity contribution in [3.63, 3.8) is 0 Å². The van der Waals surface area contributed by atoms with Crippen LogP contribution < -0.4 is 9.47 Å². The van der Waals surface area contributed by atoms with Crippen molar-refractivity contribution < 1.29 is 9.47 Å². The summed E-state index contributed by atoms with van der Waals surface area (Å²) in [5, 5.41) is 9.62. The van der Waals surface area contributed by atoms with Crippen molar-refractivity contribution in [3.05, 3.63) is 52.3 Å². The largest absolute Gasteiger partial charge is 0.493 e. The van der Waals surface area contributed by atoms with E-state index in [9.17, 15) is 5.26 Å². The number of fused-ring (bicyclic) bond motifs is 1. The van der Waals surface area contributed by atoms with Crippen molar-refractivity contribution in [2.45, 2.75) is 13.8 Å². The number of H-pyrrole nitrogens is 1. The molecule has 0 fully saturated rings. The minimum absolute atomic E-state index is 0.402. The Bertz CT molecular complexity index is 999. The Labute approximate surface area is 166 Å². The number of nitrogens with one attached hydrogen (secondary N) is 1. The van der Waals surface area contributed by atoms with Crippen LogP contribution in [0.3, 0.4) is 0 Å². The zero-order valence-electron chi connectivity index (χ0n) is 15.4. The fourth-order valence-electron chi connectivity index (χ4n) is 2.61. The highest BCUT2D eigenvalue weighted by Gasteiger charge is 2.13. The van der Waals surface area contributed by atoms with E-state index >= 15 is 0 Å². The Balaban J connectivity index is 1.99. The van der Waals surface area contributed by atoms with Gasteiger partial charge >= 0.3 is 0 Å². The van der Waals surface area contributed by atoms with Gasteiger partial charge in [-0.2, -0.15) is 5.26 Å². The van der Waals surface area contributed by atoms with Crippen molar-refractivity contribution in [2.75, 3.05) is 13.7 Å². The van der Waals surface area contributed by atoms with Crippen molar-refractivity contribution in [1.82, 2.24) is 9.97 Å². The van der Waals surface area contributed by atoms with E-state index in [1.807, 2.05) is 36.4 Å². The van der Waals surface area contributed by atoms with E-state index in [0.717, 1.165) is 21.1 Å². The van der Waals surface area contributed by atoms with Crippen LogP contribution in [0, 0.1) is 17.2 Å². The predicted molar refractivity (Wildman–Crippen MR) is 111 cm³/mol. The zero-order chi connectivity index (χ0) is 19.4. The third-order valence-electron chi connectivity index (χ3n) is 3.89. The lowest BCUT2D eigenvalue weighted by molar-refractivity contribution is 0.255. The molecule has 0 spiro atoms. The van der Waals surface area contributed by atoms with Crippen LogP contribution in [0.2, 0.25) is 0 Å². The standard InChI is InChI=1S/C21H20BrN3O2/c1-13(2)12-27-20-16(22)9-14(10-19(20)26-3)8-15(11-23)21-24-17-6-4-5-7-18(17)25-21/h4-10,13H,12H2,1-3H3,(H,24,25)/b15-8+. The second kappa shape index (κ2) is 8.28. The molecule has 0 amide bonds. The quantitative estimate of drug-likeness (QED) is 0.534. The van der Waals surface area contributed by atoms with Crippen LogP contribution in [0.5, 0.6) is 11.5 Å². The molecule has 0 aliphatic rings. The number of aromatic nitrogens is 2. The topological polar surface area (TPSA) is 70.9 Å². The molecule has 2 aromatic carbocycles. The molecular formula is C21H20BrN3O2. The third kappa shape index (κ3) is 4.32. The minimum Gasteiger partial charge on any atom is -0.493 e. The van der Waals surface area contributed by atoms with Gasteiger partial charge in [-0.1, -0.05) is 26.0 Å². The van der Waals surface area contributed by atoms with Crippen LogP contribution in [0.15, 0.2) is 40.9 Å². The maximum absolute atomic E-state index is 9.62. The van der Waals surface area contributed by atoms with Crippen molar-refractivity contribution in [2.24, 2.45) is 5.92 Å². The molecule has 0 aliphatic heterocycles. The van der Waals surface area contributed by atoms with E-state index in [-0.39, 0.29) is 0 Å². The van der Waals surface area contributed by atoms with Crippen LogP contribution in [0.4, 0.5) is 0 Å². The van der Waals surface area contributed by atoms with E-state index in [0.29, 0.717) is 35.4 Å². The molecule has 3 aromatic rings. The van der Waals surface area contributed by atoms with Gasteiger partial charge in [0.2, 0.25) is 0 Å². The Kier molecular flexibility index (Phi) is 5.82. The average molecular weight is 426 g/mol. The molecule has 0 saturated carbocycles. The molecule has 1 aromatic heterocycles. The van der Waals surface area contributed by atoms with Gasteiger partial charge in [0.25, 0.3) is 0 Å². The minimum atomic E-state index is 0.402. The molecule has 0 unspecified atom stereocenters. The predicted octanol–water partition coefficient (Wildman–Crippen LogP) is 5.43. The first-order valence-electron chi connectivity index (χ1n) is 8.59. The Morgan fingerprint density at radius 2 is 2.11 bits per heavy atom. The number of methoxy groups -OCH3 is 1. The molecule has 0 aliphatic carbocycles. The molecule has 3 rings (SSSR count). The number of rotatable bonds is 6. The van der Waals surface area contributed by atoms with Gasteiger partial charge in [-0.3, -0.25) is 0 Å². The molecule has 0 bridgehead atoms. The molecule has 1 heterocycles. The van der Waals surface area contributed by atoms with Gasteiger partial charge in [0.05, 0.1) is 34.8 Å². The number of nitrogens with zero attached hydrogens (tertiary/aromatic N) is 2. The summed E-state index contributed by atoms with van der Waals surface area (Å²) >= 11 is 3.54. The lowest BCUT2D eigenvalue weighted by Gasteiger charge is -2.15. The van der Waals surface area contributed by atoms with E-state index in [1.165, 1.54) is 0 Å². The van der Waals surface area contributed by atoms with Crippen LogP contribution in [-0.4, -0.2) is 23.7 Å². The van der Waals surface area contributed by atoms with E-state index in [1.54, 1.807) is 13.2 Å². The molecule has 5 nitrogen and oxygen atoms in total. The summed E-state index contributed by atoms with van der Waals surface area (Å²) in [6.07, 6.45) is 1.78. The molecule has 1 N–H and O–H groups in total. The number of para-hydroxylation sites is 2. The Hall–Kier alpha value is -2.78. The van der Waals surface area contributed by atoms with E-state index in [2.05, 4.69) is 45.8 Å². The van der Waals surface area contributed by atoms with E-state index in [4.69, 9.17) is 9.47 Å². The highest BCUT2D eigenvalue weighted by Crippen LogP contribution is 2.37. The van der Waals surface area contributed by atoms with Crippen molar-refractivity contribution in [1.29, 1.82) is 5.26 Å². The van der Waals surface area contributed by atoms with Gasteiger partial charge in [-0.05, 0) is 57.8 Å². The SMILES string of the molecule is COc1cc(/C=C(\C#N)c2nc3ccccc3[nH]2)cc(Br)c1OCC(C)C. The van der Waals surface area contributed by atoms with Crippen LogP contribution in [0.1, 0.15) is 25.2 Å². The van der Waals surface area contributed by atoms with Gasteiger partial charge in [-0.25, -0.2) is 4.98 Å². The summed E-state index contributed by atoms with van der Waals surface area (Å²) in [4.78, 5) is 7.68. The van der Waals surface area contributed by atoms with Gasteiger partial charge < -0.3 is 14.5 Å². The molecule has 6 heteroatoms. The van der Waals surface area contributed by atoms with Crippen molar-refractivity contribution >= 4 is 38.6 Å². The molecule has 0 saturated heterocycles.